The van der Waals surface area contributed by atoms with Crippen molar-refractivity contribution in [2.24, 2.45) is 0 Å². The Balaban J connectivity index is 1.62. The Morgan fingerprint density at radius 2 is 2.00 bits per heavy atom. The van der Waals surface area contributed by atoms with E-state index in [9.17, 15) is 9.90 Å². The lowest BCUT2D eigenvalue weighted by atomic mass is 9.93. The first-order valence-electron chi connectivity index (χ1n) is 7.60. The van der Waals surface area contributed by atoms with Crippen LogP contribution < -0.4 is 10.1 Å². The molecule has 0 radical (unpaired) electrons. The molecule has 2 N–H and O–H groups in total. The number of carbonyl (C=O) groups excluding carboxylic acids is 1. The van der Waals surface area contributed by atoms with Crippen LogP contribution in [-0.4, -0.2) is 29.8 Å². The van der Waals surface area contributed by atoms with Crippen LogP contribution in [-0.2, 0) is 4.79 Å². The highest BCUT2D eigenvalue weighted by atomic mass is 35.5. The average Bonchev–Trinajstić information content (AvgIpc) is 2.48. The maximum absolute atomic E-state index is 11.8. The van der Waals surface area contributed by atoms with Crippen molar-refractivity contribution in [2.75, 3.05) is 6.61 Å². The topological polar surface area (TPSA) is 58.6 Å². The van der Waals surface area contributed by atoms with Crippen LogP contribution in [0.15, 0.2) is 18.2 Å². The third kappa shape index (κ3) is 5.67. The lowest BCUT2D eigenvalue weighted by Crippen LogP contribution is -2.38. The first-order valence-corrected chi connectivity index (χ1v) is 8.35. The molecule has 4 nitrogen and oxygen atoms in total. The van der Waals surface area contributed by atoms with E-state index in [0.717, 1.165) is 25.7 Å². The largest absolute Gasteiger partial charge is 0.492 e. The molecular formula is C16H21Cl2NO3. The second-order valence-corrected chi connectivity index (χ2v) is 6.44. The summed E-state index contributed by atoms with van der Waals surface area (Å²) in [7, 11) is 0. The summed E-state index contributed by atoms with van der Waals surface area (Å²) < 4.78 is 5.54. The third-order valence-corrected chi connectivity index (χ3v) is 4.29. The second-order valence-electron chi connectivity index (χ2n) is 5.60. The molecule has 0 unspecified atom stereocenters. The van der Waals surface area contributed by atoms with Crippen molar-refractivity contribution in [2.45, 2.75) is 50.7 Å². The number of amides is 1. The average molecular weight is 346 g/mol. The molecule has 0 heterocycles. The van der Waals surface area contributed by atoms with Crippen molar-refractivity contribution >= 4 is 29.1 Å². The molecule has 0 saturated heterocycles. The fourth-order valence-corrected chi connectivity index (χ4v) is 2.99. The van der Waals surface area contributed by atoms with Gasteiger partial charge in [-0.3, -0.25) is 4.79 Å². The Morgan fingerprint density at radius 3 is 2.68 bits per heavy atom. The van der Waals surface area contributed by atoms with Crippen molar-refractivity contribution in [3.05, 3.63) is 28.2 Å². The molecule has 0 spiro atoms. The summed E-state index contributed by atoms with van der Waals surface area (Å²) in [4.78, 5) is 11.8. The summed E-state index contributed by atoms with van der Waals surface area (Å²) in [5, 5.41) is 13.5. The zero-order valence-electron chi connectivity index (χ0n) is 12.4. The van der Waals surface area contributed by atoms with Crippen molar-refractivity contribution in [3.63, 3.8) is 0 Å². The first kappa shape index (κ1) is 17.4. The van der Waals surface area contributed by atoms with Gasteiger partial charge in [0.05, 0.1) is 17.7 Å². The van der Waals surface area contributed by atoms with Gasteiger partial charge in [-0.1, -0.05) is 23.2 Å². The van der Waals surface area contributed by atoms with Gasteiger partial charge in [-0.15, -0.1) is 0 Å². The van der Waals surface area contributed by atoms with E-state index in [0.29, 0.717) is 35.2 Å². The van der Waals surface area contributed by atoms with Gasteiger partial charge in [0.25, 0.3) is 0 Å². The number of hydrogen-bond acceptors (Lipinski definition) is 3. The highest BCUT2D eigenvalue weighted by Crippen LogP contribution is 2.27. The Hall–Kier alpha value is -0.970. The number of nitrogens with one attached hydrogen (secondary N) is 1. The van der Waals surface area contributed by atoms with Gasteiger partial charge in [-0.05, 0) is 50.3 Å². The number of aliphatic hydroxyl groups is 1. The number of aliphatic hydroxyl groups excluding tert-OH is 1. The van der Waals surface area contributed by atoms with E-state index in [1.54, 1.807) is 18.2 Å². The first-order chi connectivity index (χ1) is 10.5. The van der Waals surface area contributed by atoms with Gasteiger partial charge in [0.1, 0.15) is 5.75 Å². The van der Waals surface area contributed by atoms with E-state index < -0.39 is 0 Å². The minimum Gasteiger partial charge on any atom is -0.492 e. The number of ether oxygens (including phenoxy) is 1. The van der Waals surface area contributed by atoms with E-state index >= 15 is 0 Å². The minimum absolute atomic E-state index is 0.0344. The molecular weight excluding hydrogens is 325 g/mol. The monoisotopic (exact) mass is 345 g/mol. The molecule has 22 heavy (non-hydrogen) atoms. The zero-order valence-corrected chi connectivity index (χ0v) is 13.9. The molecule has 1 aromatic rings. The molecule has 0 bridgehead atoms. The number of carbonyl (C=O) groups is 1. The zero-order chi connectivity index (χ0) is 15.9. The van der Waals surface area contributed by atoms with Gasteiger partial charge in [-0.2, -0.15) is 0 Å². The van der Waals surface area contributed by atoms with E-state index in [-0.39, 0.29) is 18.1 Å². The predicted molar refractivity (Wildman–Crippen MR) is 87.6 cm³/mol. The van der Waals surface area contributed by atoms with E-state index in [1.807, 2.05) is 0 Å². The lowest BCUT2D eigenvalue weighted by Gasteiger charge is -2.26. The second kappa shape index (κ2) is 8.61. The van der Waals surface area contributed by atoms with Crippen LogP contribution in [0, 0.1) is 0 Å². The van der Waals surface area contributed by atoms with Crippen LogP contribution in [0.4, 0.5) is 0 Å². The standard InChI is InChI=1S/C16H21Cl2NO3/c17-11-3-8-15(14(18)10-11)22-9-1-2-16(21)19-12-4-6-13(20)7-5-12/h3,8,10,12-13,20H,1-2,4-7,9H2,(H,19,21). The normalized spacial score (nSPS) is 21.4. The van der Waals surface area contributed by atoms with Crippen molar-refractivity contribution in [1.82, 2.24) is 5.32 Å². The van der Waals surface area contributed by atoms with Gasteiger partial charge in [-0.25, -0.2) is 0 Å². The Kier molecular flexibility index (Phi) is 6.80. The summed E-state index contributed by atoms with van der Waals surface area (Å²) in [6.07, 6.45) is 4.08. The van der Waals surface area contributed by atoms with Gasteiger partial charge >= 0.3 is 0 Å². The van der Waals surface area contributed by atoms with Crippen molar-refractivity contribution in [1.29, 1.82) is 0 Å². The number of hydrogen-bond donors (Lipinski definition) is 2. The minimum atomic E-state index is -0.203. The van der Waals surface area contributed by atoms with Crippen LogP contribution in [0.2, 0.25) is 10.0 Å². The molecule has 1 saturated carbocycles. The molecule has 1 fully saturated rings. The summed E-state index contributed by atoms with van der Waals surface area (Å²) in [5.74, 6) is 0.611. The fourth-order valence-electron chi connectivity index (χ4n) is 2.53. The summed E-state index contributed by atoms with van der Waals surface area (Å²) in [6.45, 7) is 0.429. The highest BCUT2D eigenvalue weighted by Gasteiger charge is 2.20. The molecule has 1 aliphatic rings. The van der Waals surface area contributed by atoms with Gasteiger partial charge < -0.3 is 15.2 Å². The van der Waals surface area contributed by atoms with E-state index in [4.69, 9.17) is 27.9 Å². The fraction of sp³-hybridized carbons (Fsp3) is 0.562. The molecule has 0 aliphatic heterocycles. The number of halogens is 2. The summed E-state index contributed by atoms with van der Waals surface area (Å²) >= 11 is 11.8. The van der Waals surface area contributed by atoms with Crippen LogP contribution in [0.1, 0.15) is 38.5 Å². The maximum atomic E-state index is 11.8. The summed E-state index contributed by atoms with van der Waals surface area (Å²) in [5.41, 5.74) is 0. The maximum Gasteiger partial charge on any atom is 0.220 e. The van der Waals surface area contributed by atoms with Crippen LogP contribution >= 0.6 is 23.2 Å². The molecule has 1 amide bonds. The predicted octanol–water partition coefficient (Wildman–Crippen LogP) is 3.57. The van der Waals surface area contributed by atoms with Gasteiger partial charge in [0, 0.05) is 17.5 Å². The Labute approximate surface area is 140 Å². The molecule has 2 rings (SSSR count). The van der Waals surface area contributed by atoms with Crippen LogP contribution in [0.25, 0.3) is 0 Å². The molecule has 6 heteroatoms. The Bertz CT molecular complexity index is 502. The number of rotatable bonds is 6. The number of benzene rings is 1. The molecule has 1 aromatic carbocycles. The quantitative estimate of drug-likeness (QED) is 0.774. The molecule has 122 valence electrons. The highest BCUT2D eigenvalue weighted by molar-refractivity contribution is 6.35. The Morgan fingerprint density at radius 1 is 1.27 bits per heavy atom. The SMILES string of the molecule is O=C(CCCOc1ccc(Cl)cc1Cl)NC1CCC(O)CC1. The van der Waals surface area contributed by atoms with Gasteiger partial charge in [0.2, 0.25) is 5.91 Å². The van der Waals surface area contributed by atoms with E-state index in [2.05, 4.69) is 5.32 Å². The molecule has 0 atom stereocenters. The van der Waals surface area contributed by atoms with Crippen molar-refractivity contribution < 1.29 is 14.6 Å². The lowest BCUT2D eigenvalue weighted by molar-refractivity contribution is -0.122. The summed E-state index contributed by atoms with van der Waals surface area (Å²) in [6, 6.07) is 5.26. The van der Waals surface area contributed by atoms with E-state index in [1.165, 1.54) is 0 Å². The van der Waals surface area contributed by atoms with Crippen LogP contribution in [0.5, 0.6) is 5.75 Å². The smallest absolute Gasteiger partial charge is 0.220 e. The third-order valence-electron chi connectivity index (χ3n) is 3.76. The van der Waals surface area contributed by atoms with Crippen LogP contribution in [0.3, 0.4) is 0 Å². The van der Waals surface area contributed by atoms with Crippen molar-refractivity contribution in [3.8, 4) is 5.75 Å². The van der Waals surface area contributed by atoms with Gasteiger partial charge in [0.15, 0.2) is 0 Å². The molecule has 0 aromatic heterocycles. The molecule has 1 aliphatic carbocycles.